The van der Waals surface area contributed by atoms with Crippen LogP contribution < -0.4 is 0 Å². The Morgan fingerprint density at radius 1 is 1.39 bits per heavy atom. The SMILES string of the molecule is C=Cc1[nH]c2cc(C)cc3c2c1[C@@H](CCC)C=C3. The second-order valence-electron chi connectivity index (χ2n) is 5.19. The Bertz CT molecular complexity index is 643. The molecule has 0 spiro atoms. The molecule has 1 heterocycles. The summed E-state index contributed by atoms with van der Waals surface area (Å²) < 4.78 is 0. The zero-order chi connectivity index (χ0) is 12.7. The average molecular weight is 237 g/mol. The lowest BCUT2D eigenvalue weighted by Crippen LogP contribution is -2.00. The molecule has 3 rings (SSSR count). The van der Waals surface area contributed by atoms with E-state index in [1.165, 1.54) is 46.1 Å². The van der Waals surface area contributed by atoms with E-state index in [1.807, 2.05) is 6.08 Å². The van der Waals surface area contributed by atoms with Crippen LogP contribution in [0.25, 0.3) is 23.1 Å². The summed E-state index contributed by atoms with van der Waals surface area (Å²) in [6.45, 7) is 8.34. The van der Waals surface area contributed by atoms with E-state index in [9.17, 15) is 0 Å². The lowest BCUT2D eigenvalue weighted by molar-refractivity contribution is 0.720. The van der Waals surface area contributed by atoms with Crippen molar-refractivity contribution in [2.75, 3.05) is 0 Å². The van der Waals surface area contributed by atoms with Gasteiger partial charge in [0.15, 0.2) is 0 Å². The third-order valence-corrected chi connectivity index (χ3v) is 3.82. The van der Waals surface area contributed by atoms with Gasteiger partial charge in [-0.1, -0.05) is 38.1 Å². The number of aromatic amines is 1. The molecule has 1 heteroatoms. The van der Waals surface area contributed by atoms with Crippen molar-refractivity contribution in [2.24, 2.45) is 0 Å². The van der Waals surface area contributed by atoms with E-state index in [4.69, 9.17) is 0 Å². The molecule has 0 fully saturated rings. The van der Waals surface area contributed by atoms with Crippen molar-refractivity contribution in [2.45, 2.75) is 32.6 Å². The molecule has 0 saturated heterocycles. The minimum absolute atomic E-state index is 0.534. The summed E-state index contributed by atoms with van der Waals surface area (Å²) in [5.41, 5.74) is 6.54. The molecule has 2 aromatic rings. The molecule has 0 amide bonds. The van der Waals surface area contributed by atoms with Crippen LogP contribution in [0.4, 0.5) is 0 Å². The summed E-state index contributed by atoms with van der Waals surface area (Å²) in [6, 6.07) is 4.50. The van der Waals surface area contributed by atoms with Gasteiger partial charge in [0, 0.05) is 22.5 Å². The lowest BCUT2D eigenvalue weighted by atomic mass is 9.85. The van der Waals surface area contributed by atoms with Crippen LogP contribution in [0.5, 0.6) is 0 Å². The van der Waals surface area contributed by atoms with Gasteiger partial charge in [-0.15, -0.1) is 0 Å². The van der Waals surface area contributed by atoms with Crippen molar-refractivity contribution in [1.29, 1.82) is 0 Å². The Hall–Kier alpha value is -1.76. The first-order chi connectivity index (χ1) is 8.74. The van der Waals surface area contributed by atoms with Gasteiger partial charge in [0.05, 0.1) is 0 Å². The summed E-state index contributed by atoms with van der Waals surface area (Å²) in [5, 5.41) is 1.40. The predicted octanol–water partition coefficient (Wildman–Crippen LogP) is 5.03. The topological polar surface area (TPSA) is 15.8 Å². The number of aromatic nitrogens is 1. The molecular weight excluding hydrogens is 218 g/mol. The fourth-order valence-corrected chi connectivity index (χ4v) is 3.11. The van der Waals surface area contributed by atoms with E-state index < -0.39 is 0 Å². The van der Waals surface area contributed by atoms with Crippen molar-refractivity contribution in [3.05, 3.63) is 47.2 Å². The van der Waals surface area contributed by atoms with Gasteiger partial charge in [-0.25, -0.2) is 0 Å². The number of allylic oxidation sites excluding steroid dienone is 1. The minimum Gasteiger partial charge on any atom is -0.355 e. The van der Waals surface area contributed by atoms with Crippen molar-refractivity contribution in [3.63, 3.8) is 0 Å². The maximum absolute atomic E-state index is 3.95. The van der Waals surface area contributed by atoms with Crippen LogP contribution in [0.2, 0.25) is 0 Å². The largest absolute Gasteiger partial charge is 0.355 e. The number of aryl methyl sites for hydroxylation is 1. The van der Waals surface area contributed by atoms with Gasteiger partial charge in [0.25, 0.3) is 0 Å². The third-order valence-electron chi connectivity index (χ3n) is 3.82. The number of benzene rings is 1. The van der Waals surface area contributed by atoms with Gasteiger partial charge in [0.2, 0.25) is 0 Å². The molecule has 0 radical (unpaired) electrons. The highest BCUT2D eigenvalue weighted by atomic mass is 14.7. The predicted molar refractivity (Wildman–Crippen MR) is 79.8 cm³/mol. The van der Waals surface area contributed by atoms with Crippen LogP contribution in [0, 0.1) is 6.92 Å². The van der Waals surface area contributed by atoms with Crippen LogP contribution in [-0.4, -0.2) is 4.98 Å². The van der Waals surface area contributed by atoms with Crippen molar-refractivity contribution < 1.29 is 0 Å². The minimum atomic E-state index is 0.534. The quantitative estimate of drug-likeness (QED) is 0.770. The molecule has 1 aliphatic carbocycles. The van der Waals surface area contributed by atoms with Gasteiger partial charge in [-0.2, -0.15) is 0 Å². The second kappa shape index (κ2) is 4.16. The molecule has 1 aromatic carbocycles. The van der Waals surface area contributed by atoms with Crippen LogP contribution >= 0.6 is 0 Å². The summed E-state index contributed by atoms with van der Waals surface area (Å²) >= 11 is 0. The van der Waals surface area contributed by atoms with E-state index in [2.05, 4.69) is 49.7 Å². The van der Waals surface area contributed by atoms with Crippen molar-refractivity contribution >= 4 is 23.1 Å². The standard InChI is InChI=1S/C17H19N/c1-4-6-12-7-8-13-9-11(3)10-15-17(13)16(12)14(5-2)18-15/h5,7-10,12,18H,2,4,6H2,1,3H3/t12-/m0/s1. The second-order valence-corrected chi connectivity index (χ2v) is 5.19. The smallest absolute Gasteiger partial charge is 0.0470 e. The monoisotopic (exact) mass is 237 g/mol. The highest BCUT2D eigenvalue weighted by Gasteiger charge is 2.22. The molecule has 1 N–H and O–H groups in total. The molecule has 18 heavy (non-hydrogen) atoms. The zero-order valence-electron chi connectivity index (χ0n) is 11.1. The van der Waals surface area contributed by atoms with Gasteiger partial charge in [0.1, 0.15) is 0 Å². The van der Waals surface area contributed by atoms with Crippen molar-refractivity contribution in [1.82, 2.24) is 4.98 Å². The molecule has 1 nitrogen and oxygen atoms in total. The molecule has 1 aliphatic rings. The number of hydrogen-bond acceptors (Lipinski definition) is 0. The van der Waals surface area contributed by atoms with E-state index in [-0.39, 0.29) is 0 Å². The molecular formula is C17H19N. The molecule has 0 unspecified atom stereocenters. The van der Waals surface area contributed by atoms with E-state index in [1.54, 1.807) is 0 Å². The van der Waals surface area contributed by atoms with Gasteiger partial charge >= 0.3 is 0 Å². The molecule has 92 valence electrons. The fourth-order valence-electron chi connectivity index (χ4n) is 3.11. The van der Waals surface area contributed by atoms with E-state index in [0.717, 1.165) is 0 Å². The van der Waals surface area contributed by atoms with Crippen molar-refractivity contribution in [3.8, 4) is 0 Å². The third kappa shape index (κ3) is 1.54. The van der Waals surface area contributed by atoms with Crippen LogP contribution in [0.3, 0.4) is 0 Å². The fraction of sp³-hybridized carbons (Fsp3) is 0.294. The maximum Gasteiger partial charge on any atom is 0.0470 e. The van der Waals surface area contributed by atoms with E-state index in [0.29, 0.717) is 5.92 Å². The molecule has 0 bridgehead atoms. The Balaban J connectivity index is 2.33. The maximum atomic E-state index is 3.95. The Morgan fingerprint density at radius 3 is 2.94 bits per heavy atom. The first-order valence-electron chi connectivity index (χ1n) is 6.71. The number of nitrogens with one attached hydrogen (secondary N) is 1. The van der Waals surface area contributed by atoms with Gasteiger partial charge < -0.3 is 4.98 Å². The number of hydrogen-bond donors (Lipinski definition) is 1. The normalized spacial score (nSPS) is 17.3. The van der Waals surface area contributed by atoms with Gasteiger partial charge in [-0.05, 0) is 42.2 Å². The molecule has 1 aromatic heterocycles. The molecule has 1 atom stereocenters. The Labute approximate surface area is 108 Å². The van der Waals surface area contributed by atoms with Crippen LogP contribution in [-0.2, 0) is 0 Å². The highest BCUT2D eigenvalue weighted by molar-refractivity contribution is 5.97. The first kappa shape index (κ1) is 11.3. The van der Waals surface area contributed by atoms with E-state index >= 15 is 0 Å². The summed E-state index contributed by atoms with van der Waals surface area (Å²) in [7, 11) is 0. The Morgan fingerprint density at radius 2 is 2.22 bits per heavy atom. The lowest BCUT2D eigenvalue weighted by Gasteiger charge is -2.18. The Kier molecular flexibility index (Phi) is 2.62. The first-order valence-corrected chi connectivity index (χ1v) is 6.71. The van der Waals surface area contributed by atoms with Crippen LogP contribution in [0.15, 0.2) is 24.8 Å². The number of H-pyrrole nitrogens is 1. The molecule has 0 saturated carbocycles. The summed E-state index contributed by atoms with van der Waals surface area (Å²) in [6.07, 6.45) is 9.00. The van der Waals surface area contributed by atoms with Gasteiger partial charge in [-0.3, -0.25) is 0 Å². The zero-order valence-corrected chi connectivity index (χ0v) is 11.1. The van der Waals surface area contributed by atoms with Crippen LogP contribution in [0.1, 0.15) is 48.1 Å². The number of rotatable bonds is 3. The highest BCUT2D eigenvalue weighted by Crippen LogP contribution is 2.40. The summed E-state index contributed by atoms with van der Waals surface area (Å²) in [4.78, 5) is 3.52. The molecule has 0 aliphatic heterocycles. The average Bonchev–Trinajstić information content (AvgIpc) is 2.72. The summed E-state index contributed by atoms with van der Waals surface area (Å²) in [5.74, 6) is 0.534.